The highest BCUT2D eigenvalue weighted by Crippen LogP contribution is 2.23. The van der Waals surface area contributed by atoms with Crippen LogP contribution in [0.4, 0.5) is 0 Å². The Morgan fingerprint density at radius 2 is 2.38 bits per heavy atom. The molecule has 72 valence electrons. The third-order valence-corrected chi connectivity index (χ3v) is 1.72. The van der Waals surface area contributed by atoms with Crippen LogP contribution in [0.15, 0.2) is 6.07 Å². The highest BCUT2D eigenvalue weighted by atomic mass is 35.5. The number of aromatic nitrogens is 2. The Labute approximate surface area is 80.5 Å². The zero-order chi connectivity index (χ0) is 9.84. The summed E-state index contributed by atoms with van der Waals surface area (Å²) in [5.41, 5.74) is 5.73. The minimum atomic E-state index is -0.831. The van der Waals surface area contributed by atoms with Crippen molar-refractivity contribution in [3.05, 3.63) is 16.8 Å². The number of hydrogen-bond acceptors (Lipinski definition) is 5. The second-order valence-electron chi connectivity index (χ2n) is 2.38. The minimum absolute atomic E-state index is 0.0817. The molecule has 0 aliphatic rings. The molecule has 13 heavy (non-hydrogen) atoms. The lowest BCUT2D eigenvalue weighted by atomic mass is 10.2. The van der Waals surface area contributed by atoms with E-state index in [0.29, 0.717) is 5.56 Å². The zero-order valence-electron chi connectivity index (χ0n) is 7.07. The zero-order valence-corrected chi connectivity index (χ0v) is 7.82. The fraction of sp³-hybridized carbons (Fsp3) is 0.429. The SMILES string of the molecule is COc1nnc(Cl)cc1C(O)CN. The van der Waals surface area contributed by atoms with Crippen molar-refractivity contribution < 1.29 is 9.84 Å². The summed E-state index contributed by atoms with van der Waals surface area (Å²) >= 11 is 5.59. The van der Waals surface area contributed by atoms with Gasteiger partial charge in [0.1, 0.15) is 0 Å². The highest BCUT2D eigenvalue weighted by Gasteiger charge is 2.14. The number of nitrogens with two attached hydrogens (primary N) is 1. The molecule has 0 bridgehead atoms. The molecule has 0 aromatic carbocycles. The molecular weight excluding hydrogens is 194 g/mol. The predicted molar refractivity (Wildman–Crippen MR) is 47.6 cm³/mol. The first-order chi connectivity index (χ1) is 6.19. The smallest absolute Gasteiger partial charge is 0.239 e. The molecule has 0 saturated heterocycles. The number of halogens is 1. The Hall–Kier alpha value is -0.910. The van der Waals surface area contributed by atoms with E-state index in [9.17, 15) is 5.11 Å². The largest absolute Gasteiger partial charge is 0.480 e. The number of aliphatic hydroxyl groups is 1. The van der Waals surface area contributed by atoms with Gasteiger partial charge in [-0.2, -0.15) is 0 Å². The average Bonchev–Trinajstić information content (AvgIpc) is 2.16. The van der Waals surface area contributed by atoms with Crippen LogP contribution in [0.25, 0.3) is 0 Å². The molecule has 0 spiro atoms. The van der Waals surface area contributed by atoms with Crippen LogP contribution < -0.4 is 10.5 Å². The fourth-order valence-electron chi connectivity index (χ4n) is 0.894. The molecule has 1 aromatic rings. The normalized spacial score (nSPS) is 12.6. The number of ether oxygens (including phenoxy) is 1. The summed E-state index contributed by atoms with van der Waals surface area (Å²) in [5.74, 6) is 0.238. The molecule has 1 aromatic heterocycles. The summed E-state index contributed by atoms with van der Waals surface area (Å²) in [5, 5.41) is 16.8. The van der Waals surface area contributed by atoms with E-state index in [1.165, 1.54) is 13.2 Å². The summed E-state index contributed by atoms with van der Waals surface area (Å²) in [6.45, 7) is 0.0817. The topological polar surface area (TPSA) is 81.3 Å². The predicted octanol–water partition coefficient (Wildman–Crippen LogP) is 0.131. The van der Waals surface area contributed by atoms with Gasteiger partial charge < -0.3 is 15.6 Å². The first kappa shape index (κ1) is 10.2. The van der Waals surface area contributed by atoms with Gasteiger partial charge in [0.15, 0.2) is 5.15 Å². The maximum atomic E-state index is 9.43. The lowest BCUT2D eigenvalue weighted by Gasteiger charge is -2.10. The van der Waals surface area contributed by atoms with Crippen LogP contribution in [0.5, 0.6) is 5.88 Å². The second kappa shape index (κ2) is 4.36. The Morgan fingerprint density at radius 3 is 2.92 bits per heavy atom. The van der Waals surface area contributed by atoms with Crippen molar-refractivity contribution in [2.75, 3.05) is 13.7 Å². The maximum absolute atomic E-state index is 9.43. The summed E-state index contributed by atoms with van der Waals surface area (Å²) < 4.78 is 4.88. The van der Waals surface area contributed by atoms with Gasteiger partial charge in [-0.1, -0.05) is 11.6 Å². The molecule has 3 N–H and O–H groups in total. The molecule has 1 atom stereocenters. The Morgan fingerprint density at radius 1 is 1.69 bits per heavy atom. The molecule has 5 nitrogen and oxygen atoms in total. The number of nitrogens with zero attached hydrogens (tertiary/aromatic N) is 2. The molecule has 0 radical (unpaired) electrons. The number of rotatable bonds is 3. The van der Waals surface area contributed by atoms with Crippen LogP contribution in [0.2, 0.25) is 5.15 Å². The van der Waals surface area contributed by atoms with E-state index in [1.54, 1.807) is 0 Å². The molecule has 1 heterocycles. The van der Waals surface area contributed by atoms with Crippen molar-refractivity contribution in [3.8, 4) is 5.88 Å². The third-order valence-electron chi connectivity index (χ3n) is 1.53. The van der Waals surface area contributed by atoms with Gasteiger partial charge in [0.05, 0.1) is 13.2 Å². The lowest BCUT2D eigenvalue weighted by Crippen LogP contribution is -2.13. The van der Waals surface area contributed by atoms with Gasteiger partial charge in [0.2, 0.25) is 5.88 Å². The minimum Gasteiger partial charge on any atom is -0.480 e. The first-order valence-electron chi connectivity index (χ1n) is 3.64. The number of aliphatic hydroxyl groups excluding tert-OH is 1. The molecule has 0 amide bonds. The van der Waals surface area contributed by atoms with Crippen molar-refractivity contribution in [1.29, 1.82) is 0 Å². The maximum Gasteiger partial charge on any atom is 0.239 e. The fourth-order valence-corrected chi connectivity index (χ4v) is 1.05. The summed E-state index contributed by atoms with van der Waals surface area (Å²) in [7, 11) is 1.44. The summed E-state index contributed by atoms with van der Waals surface area (Å²) in [6, 6.07) is 1.48. The van der Waals surface area contributed by atoms with Crippen molar-refractivity contribution >= 4 is 11.6 Å². The summed E-state index contributed by atoms with van der Waals surface area (Å²) in [6.07, 6.45) is -0.831. The standard InChI is InChI=1S/C7H10ClN3O2/c1-13-7-4(5(12)3-9)2-6(8)10-11-7/h2,5,12H,3,9H2,1H3. The van der Waals surface area contributed by atoms with E-state index in [1.807, 2.05) is 0 Å². The van der Waals surface area contributed by atoms with Crippen molar-refractivity contribution in [2.24, 2.45) is 5.73 Å². The molecule has 0 fully saturated rings. The number of hydrogen-bond donors (Lipinski definition) is 2. The summed E-state index contributed by atoms with van der Waals surface area (Å²) in [4.78, 5) is 0. The average molecular weight is 204 g/mol. The van der Waals surface area contributed by atoms with Crippen LogP contribution in [-0.4, -0.2) is 29.0 Å². The van der Waals surface area contributed by atoms with E-state index in [2.05, 4.69) is 10.2 Å². The van der Waals surface area contributed by atoms with Crippen LogP contribution in [0.1, 0.15) is 11.7 Å². The molecule has 1 rings (SSSR count). The van der Waals surface area contributed by atoms with Gasteiger partial charge in [0, 0.05) is 12.1 Å². The quantitative estimate of drug-likeness (QED) is 0.730. The Balaban J connectivity index is 3.07. The highest BCUT2D eigenvalue weighted by molar-refractivity contribution is 6.29. The molecule has 0 aliphatic carbocycles. The van der Waals surface area contributed by atoms with Gasteiger partial charge in [-0.15, -0.1) is 10.2 Å². The molecule has 0 saturated carbocycles. The first-order valence-corrected chi connectivity index (χ1v) is 4.02. The van der Waals surface area contributed by atoms with E-state index < -0.39 is 6.10 Å². The van der Waals surface area contributed by atoms with E-state index in [0.717, 1.165) is 0 Å². The Kier molecular flexibility index (Phi) is 3.41. The van der Waals surface area contributed by atoms with Crippen molar-refractivity contribution in [3.63, 3.8) is 0 Å². The van der Waals surface area contributed by atoms with Gasteiger partial charge in [-0.3, -0.25) is 0 Å². The van der Waals surface area contributed by atoms with E-state index in [4.69, 9.17) is 22.1 Å². The third kappa shape index (κ3) is 2.27. The van der Waals surface area contributed by atoms with Gasteiger partial charge in [-0.05, 0) is 6.07 Å². The molecular formula is C7H10ClN3O2. The van der Waals surface area contributed by atoms with Crippen LogP contribution in [-0.2, 0) is 0 Å². The van der Waals surface area contributed by atoms with E-state index in [-0.39, 0.29) is 17.6 Å². The lowest BCUT2D eigenvalue weighted by molar-refractivity contribution is 0.180. The van der Waals surface area contributed by atoms with Gasteiger partial charge in [-0.25, -0.2) is 0 Å². The van der Waals surface area contributed by atoms with Crippen LogP contribution in [0, 0.1) is 0 Å². The Bertz CT molecular complexity index is 295. The molecule has 1 unspecified atom stereocenters. The molecule has 6 heteroatoms. The molecule has 0 aliphatic heterocycles. The van der Waals surface area contributed by atoms with E-state index >= 15 is 0 Å². The van der Waals surface area contributed by atoms with Gasteiger partial charge in [0.25, 0.3) is 0 Å². The van der Waals surface area contributed by atoms with Crippen LogP contribution >= 0.6 is 11.6 Å². The second-order valence-corrected chi connectivity index (χ2v) is 2.77. The van der Waals surface area contributed by atoms with Gasteiger partial charge >= 0.3 is 0 Å². The monoisotopic (exact) mass is 203 g/mol. The van der Waals surface area contributed by atoms with Crippen molar-refractivity contribution in [2.45, 2.75) is 6.10 Å². The number of methoxy groups -OCH3 is 1. The van der Waals surface area contributed by atoms with Crippen molar-refractivity contribution in [1.82, 2.24) is 10.2 Å². The van der Waals surface area contributed by atoms with Crippen LogP contribution in [0.3, 0.4) is 0 Å².